The predicted octanol–water partition coefficient (Wildman–Crippen LogP) is 1.88. The third kappa shape index (κ3) is 3.71. The molecule has 1 fully saturated rings. The minimum absolute atomic E-state index is 0.151. The Morgan fingerprint density at radius 1 is 1.50 bits per heavy atom. The normalized spacial score (nSPS) is 20.3. The predicted molar refractivity (Wildman–Crippen MR) is 88.9 cm³/mol. The second-order valence-corrected chi connectivity index (χ2v) is 8.00. The van der Waals surface area contributed by atoms with Gasteiger partial charge in [0.15, 0.2) is 0 Å². The molecule has 2 heterocycles. The molecule has 0 aromatic carbocycles. The fourth-order valence-electron chi connectivity index (χ4n) is 2.57. The van der Waals surface area contributed by atoms with Crippen molar-refractivity contribution in [3.05, 3.63) is 17.3 Å². The number of likely N-dealkylation sites (N-methyl/N-ethyl adjacent to an activating group) is 1. The maximum Gasteiger partial charge on any atom is 0.244 e. The zero-order valence-electron chi connectivity index (χ0n) is 13.2. The highest BCUT2D eigenvalue weighted by Crippen LogP contribution is 2.26. The first-order chi connectivity index (χ1) is 10.4. The summed E-state index contributed by atoms with van der Waals surface area (Å²) >= 11 is 6.12. The fourth-order valence-corrected chi connectivity index (χ4v) is 4.36. The molecule has 2 rings (SSSR count). The third-order valence-corrected chi connectivity index (χ3v) is 6.01. The van der Waals surface area contributed by atoms with E-state index < -0.39 is 10.0 Å². The second kappa shape index (κ2) is 7.12. The topological polar surface area (TPSA) is 65.5 Å². The fraction of sp³-hybridized carbons (Fsp3) is 0.643. The Balaban J connectivity index is 2.24. The quantitative estimate of drug-likeness (QED) is 0.881. The van der Waals surface area contributed by atoms with Crippen LogP contribution in [0.2, 0.25) is 5.02 Å². The molecule has 1 aliphatic rings. The van der Waals surface area contributed by atoms with E-state index in [1.807, 2.05) is 21.0 Å². The molecular weight excluding hydrogens is 324 g/mol. The third-order valence-electron chi connectivity index (χ3n) is 3.89. The number of hydrogen-bond donors (Lipinski definition) is 1. The Morgan fingerprint density at radius 3 is 2.82 bits per heavy atom. The van der Waals surface area contributed by atoms with Crippen LogP contribution in [-0.2, 0) is 10.0 Å². The van der Waals surface area contributed by atoms with Gasteiger partial charge in [-0.25, -0.2) is 13.4 Å². The van der Waals surface area contributed by atoms with Gasteiger partial charge in [-0.15, -0.1) is 0 Å². The lowest BCUT2D eigenvalue weighted by molar-refractivity contribution is 0.190. The van der Waals surface area contributed by atoms with Crippen molar-refractivity contribution in [1.82, 2.24) is 14.2 Å². The van der Waals surface area contributed by atoms with Gasteiger partial charge >= 0.3 is 0 Å². The van der Waals surface area contributed by atoms with Crippen molar-refractivity contribution in [2.75, 3.05) is 39.0 Å². The summed E-state index contributed by atoms with van der Waals surface area (Å²) < 4.78 is 27.1. The van der Waals surface area contributed by atoms with Gasteiger partial charge in [0.2, 0.25) is 10.0 Å². The molecule has 1 unspecified atom stereocenters. The second-order valence-electron chi connectivity index (χ2n) is 5.65. The minimum atomic E-state index is -3.55. The van der Waals surface area contributed by atoms with E-state index in [9.17, 15) is 8.42 Å². The summed E-state index contributed by atoms with van der Waals surface area (Å²) in [4.78, 5) is 6.35. The van der Waals surface area contributed by atoms with Crippen molar-refractivity contribution in [2.24, 2.45) is 0 Å². The number of piperidine rings is 1. The molecule has 22 heavy (non-hydrogen) atoms. The highest BCUT2D eigenvalue weighted by molar-refractivity contribution is 7.89. The van der Waals surface area contributed by atoms with Crippen molar-refractivity contribution in [3.8, 4) is 0 Å². The molecule has 124 valence electrons. The van der Waals surface area contributed by atoms with E-state index >= 15 is 0 Å². The highest BCUT2D eigenvalue weighted by Gasteiger charge is 2.31. The van der Waals surface area contributed by atoms with Gasteiger partial charge in [0, 0.05) is 31.9 Å². The molecule has 0 bridgehead atoms. The van der Waals surface area contributed by atoms with E-state index in [4.69, 9.17) is 11.6 Å². The average molecular weight is 347 g/mol. The van der Waals surface area contributed by atoms with Crippen LogP contribution in [-0.4, -0.2) is 62.4 Å². The van der Waals surface area contributed by atoms with E-state index in [0.717, 1.165) is 12.8 Å². The summed E-state index contributed by atoms with van der Waals surface area (Å²) in [7, 11) is 0.402. The van der Waals surface area contributed by atoms with Gasteiger partial charge in [0.1, 0.15) is 10.7 Å². The summed E-state index contributed by atoms with van der Waals surface area (Å²) in [5.41, 5.74) is 0. The summed E-state index contributed by atoms with van der Waals surface area (Å²) in [5, 5.41) is 3.32. The first-order valence-electron chi connectivity index (χ1n) is 7.42. The molecule has 0 saturated carbocycles. The zero-order valence-corrected chi connectivity index (χ0v) is 14.8. The molecular formula is C14H23ClN4O2S. The number of nitrogens with zero attached hydrogens (tertiary/aromatic N) is 3. The monoisotopic (exact) mass is 346 g/mol. The molecule has 1 aromatic rings. The Bertz CT molecular complexity index is 621. The van der Waals surface area contributed by atoms with E-state index in [1.165, 1.54) is 16.6 Å². The summed E-state index contributed by atoms with van der Waals surface area (Å²) in [6.07, 6.45) is 3.24. The molecule has 0 amide bonds. The molecule has 1 saturated heterocycles. The van der Waals surface area contributed by atoms with Crippen LogP contribution in [0, 0.1) is 0 Å². The summed E-state index contributed by atoms with van der Waals surface area (Å²) in [6, 6.07) is 1.72. The maximum atomic E-state index is 12.8. The molecule has 1 N–H and O–H groups in total. The molecule has 6 nitrogen and oxygen atoms in total. The van der Waals surface area contributed by atoms with Crippen LogP contribution in [0.25, 0.3) is 0 Å². The lowest BCUT2D eigenvalue weighted by Crippen LogP contribution is -2.47. The Labute approximate surface area is 137 Å². The molecule has 0 radical (unpaired) electrons. The van der Waals surface area contributed by atoms with Crippen molar-refractivity contribution in [1.29, 1.82) is 0 Å². The number of aromatic nitrogens is 1. The van der Waals surface area contributed by atoms with E-state index in [1.54, 1.807) is 0 Å². The van der Waals surface area contributed by atoms with Gasteiger partial charge in [-0.3, -0.25) is 0 Å². The zero-order chi connectivity index (χ0) is 16.3. The number of halogens is 1. The van der Waals surface area contributed by atoms with E-state index in [0.29, 0.717) is 30.5 Å². The van der Waals surface area contributed by atoms with Crippen LogP contribution >= 0.6 is 11.6 Å². The number of sulfonamides is 1. The molecule has 0 aliphatic carbocycles. The average Bonchev–Trinajstić information content (AvgIpc) is 2.49. The molecule has 0 spiro atoms. The number of hydrogen-bond acceptors (Lipinski definition) is 5. The number of nitrogens with one attached hydrogen (secondary N) is 1. The number of pyridine rings is 1. The van der Waals surface area contributed by atoms with Crippen LogP contribution in [0.15, 0.2) is 17.2 Å². The van der Waals surface area contributed by atoms with Gasteiger partial charge < -0.3 is 10.2 Å². The summed E-state index contributed by atoms with van der Waals surface area (Å²) in [6.45, 7) is 3.65. The summed E-state index contributed by atoms with van der Waals surface area (Å²) in [5.74, 6) is 0.507. The van der Waals surface area contributed by atoms with Gasteiger partial charge in [0.25, 0.3) is 0 Å². The SMILES string of the molecule is CCNc1ncc(S(=O)(=O)N2CCCC(N(C)C)C2)cc1Cl. The first-order valence-corrected chi connectivity index (χ1v) is 9.24. The van der Waals surface area contributed by atoms with Crippen LogP contribution in [0.1, 0.15) is 19.8 Å². The molecule has 8 heteroatoms. The van der Waals surface area contributed by atoms with E-state index in [-0.39, 0.29) is 10.9 Å². The van der Waals surface area contributed by atoms with Crippen LogP contribution in [0.5, 0.6) is 0 Å². The Hall–Kier alpha value is -0.890. The lowest BCUT2D eigenvalue weighted by atomic mass is 10.1. The highest BCUT2D eigenvalue weighted by atomic mass is 35.5. The van der Waals surface area contributed by atoms with Crippen molar-refractivity contribution in [3.63, 3.8) is 0 Å². The molecule has 1 aromatic heterocycles. The van der Waals surface area contributed by atoms with Crippen LogP contribution < -0.4 is 5.32 Å². The van der Waals surface area contributed by atoms with Crippen LogP contribution in [0.4, 0.5) is 5.82 Å². The number of rotatable bonds is 5. The number of anilines is 1. The standard InChI is InChI=1S/C14H23ClN4O2S/c1-4-16-14-13(15)8-12(9-17-14)22(20,21)19-7-5-6-11(10-19)18(2)3/h8-9,11H,4-7,10H2,1-3H3,(H,16,17). The Morgan fingerprint density at radius 2 is 2.23 bits per heavy atom. The Kier molecular flexibility index (Phi) is 5.65. The minimum Gasteiger partial charge on any atom is -0.369 e. The largest absolute Gasteiger partial charge is 0.369 e. The molecule has 1 aliphatic heterocycles. The van der Waals surface area contributed by atoms with Crippen molar-refractivity contribution in [2.45, 2.75) is 30.7 Å². The van der Waals surface area contributed by atoms with E-state index in [2.05, 4.69) is 15.2 Å². The van der Waals surface area contributed by atoms with Crippen molar-refractivity contribution < 1.29 is 8.42 Å². The lowest BCUT2D eigenvalue weighted by Gasteiger charge is -2.35. The first kappa shape index (κ1) is 17.5. The van der Waals surface area contributed by atoms with Crippen molar-refractivity contribution >= 4 is 27.4 Å². The van der Waals surface area contributed by atoms with Gasteiger partial charge in [-0.1, -0.05) is 11.6 Å². The maximum absolute atomic E-state index is 12.8. The molecule has 1 atom stereocenters. The van der Waals surface area contributed by atoms with Gasteiger partial charge in [-0.05, 0) is 39.9 Å². The smallest absolute Gasteiger partial charge is 0.244 e. The van der Waals surface area contributed by atoms with Gasteiger partial charge in [-0.2, -0.15) is 4.31 Å². The van der Waals surface area contributed by atoms with Gasteiger partial charge in [0.05, 0.1) is 5.02 Å². The van der Waals surface area contributed by atoms with Crippen LogP contribution in [0.3, 0.4) is 0 Å².